The van der Waals surface area contributed by atoms with Gasteiger partial charge in [-0.2, -0.15) is 10.5 Å². The predicted molar refractivity (Wildman–Crippen MR) is 132 cm³/mol. The van der Waals surface area contributed by atoms with Crippen molar-refractivity contribution in [3.63, 3.8) is 0 Å². The molecule has 4 heteroatoms. The Bertz CT molecular complexity index is 1650. The summed E-state index contributed by atoms with van der Waals surface area (Å²) in [6.07, 6.45) is 0.998. The van der Waals surface area contributed by atoms with Gasteiger partial charge in [0.25, 0.3) is 0 Å². The lowest BCUT2D eigenvalue weighted by Crippen LogP contribution is -2.05. The van der Waals surface area contributed by atoms with E-state index in [1.54, 1.807) is 0 Å². The lowest BCUT2D eigenvalue weighted by molar-refractivity contribution is 0.506. The molecule has 3 heterocycles. The largest absolute Gasteiger partial charge is 0.339 e. The highest BCUT2D eigenvalue weighted by Gasteiger charge is 2.29. The predicted octanol–water partition coefficient (Wildman–Crippen LogP) is 7.25. The lowest BCUT2D eigenvalue weighted by Gasteiger charge is -2.15. The third-order valence-corrected chi connectivity index (χ3v) is 6.79. The Morgan fingerprint density at radius 1 is 0.812 bits per heavy atom. The van der Waals surface area contributed by atoms with Gasteiger partial charge in [0, 0.05) is 45.2 Å². The Morgan fingerprint density at radius 2 is 1.34 bits per heavy atom. The smallest absolute Gasteiger partial charge is 0.101 e. The van der Waals surface area contributed by atoms with Crippen LogP contribution in [0.15, 0.2) is 36.4 Å². The van der Waals surface area contributed by atoms with Gasteiger partial charge < -0.3 is 9.13 Å². The maximum absolute atomic E-state index is 10.2. The van der Waals surface area contributed by atoms with Gasteiger partial charge in [0.1, 0.15) is 12.1 Å². The van der Waals surface area contributed by atoms with E-state index in [1.165, 1.54) is 0 Å². The number of nitriles is 2. The van der Waals surface area contributed by atoms with Crippen molar-refractivity contribution < 1.29 is 0 Å². The quantitative estimate of drug-likeness (QED) is 0.266. The van der Waals surface area contributed by atoms with Gasteiger partial charge in [-0.1, -0.05) is 37.1 Å². The van der Waals surface area contributed by atoms with Crippen molar-refractivity contribution in [2.75, 3.05) is 0 Å². The van der Waals surface area contributed by atoms with Crippen LogP contribution in [-0.4, -0.2) is 9.13 Å². The molecule has 0 bridgehead atoms. The molecule has 32 heavy (non-hydrogen) atoms. The van der Waals surface area contributed by atoms with Gasteiger partial charge in [-0.25, -0.2) is 0 Å². The Labute approximate surface area is 187 Å². The van der Waals surface area contributed by atoms with E-state index in [1.807, 2.05) is 13.8 Å². The summed E-state index contributed by atoms with van der Waals surface area (Å²) in [6, 6.07) is 18.0. The van der Waals surface area contributed by atoms with E-state index in [4.69, 9.17) is 0 Å². The van der Waals surface area contributed by atoms with Crippen LogP contribution in [0.1, 0.15) is 55.5 Å². The minimum absolute atomic E-state index is 0.302. The van der Waals surface area contributed by atoms with Crippen LogP contribution in [0, 0.1) is 36.5 Å². The molecule has 0 amide bonds. The Kier molecular flexibility index (Phi) is 4.50. The first-order valence-electron chi connectivity index (χ1n) is 11.4. The molecule has 0 N–H and O–H groups in total. The standard InChI is InChI=1S/C26H20N4.C2H6/c1-14-4-6-21-17(10-14)23-19(12-27)20(13-28)24-18-11-15(2)5-7-22(18)30-16(3)8-9-29(21)25(23)26(24)30;1-2/h4-7,10-11,16H,8-9H2,1-3H3;1-2H3. The summed E-state index contributed by atoms with van der Waals surface area (Å²) in [5, 5.41) is 24.4. The molecule has 0 spiro atoms. The van der Waals surface area contributed by atoms with E-state index in [0.717, 1.165) is 67.7 Å². The highest BCUT2D eigenvalue weighted by Crippen LogP contribution is 2.46. The van der Waals surface area contributed by atoms with Crippen molar-refractivity contribution in [1.82, 2.24) is 9.13 Å². The van der Waals surface area contributed by atoms with Gasteiger partial charge in [0.15, 0.2) is 0 Å². The second-order valence-corrected chi connectivity index (χ2v) is 8.62. The number of aromatic nitrogens is 2. The Hall–Kier alpha value is -3.76. The summed E-state index contributed by atoms with van der Waals surface area (Å²) in [7, 11) is 0. The summed E-state index contributed by atoms with van der Waals surface area (Å²) in [6.45, 7) is 11.3. The maximum atomic E-state index is 10.2. The van der Waals surface area contributed by atoms with Crippen LogP contribution in [-0.2, 0) is 6.54 Å². The fraction of sp³-hybridized carbons (Fsp3) is 0.286. The van der Waals surface area contributed by atoms with E-state index in [-0.39, 0.29) is 0 Å². The van der Waals surface area contributed by atoms with Gasteiger partial charge in [0.05, 0.1) is 22.2 Å². The molecular weight excluding hydrogens is 392 g/mol. The number of hydrogen-bond acceptors (Lipinski definition) is 2. The summed E-state index contributed by atoms with van der Waals surface area (Å²) in [5.41, 5.74) is 7.81. The van der Waals surface area contributed by atoms with Crippen LogP contribution >= 0.6 is 0 Å². The first-order valence-corrected chi connectivity index (χ1v) is 11.4. The molecule has 0 radical (unpaired) electrons. The van der Waals surface area contributed by atoms with E-state index < -0.39 is 0 Å². The molecule has 3 aromatic carbocycles. The van der Waals surface area contributed by atoms with E-state index in [2.05, 4.69) is 78.4 Å². The maximum Gasteiger partial charge on any atom is 0.101 e. The topological polar surface area (TPSA) is 57.4 Å². The SMILES string of the molecule is CC.Cc1ccc2c(c1)c1c(C#N)c(C#N)c3c4cc(C)ccc4n4c3c1n2CCC4C. The molecule has 0 fully saturated rings. The zero-order chi connectivity index (χ0) is 22.7. The fourth-order valence-electron chi connectivity index (χ4n) is 5.49. The van der Waals surface area contributed by atoms with Crippen LogP contribution in [0.2, 0.25) is 0 Å². The zero-order valence-corrected chi connectivity index (χ0v) is 19.2. The number of hydrogen-bond donors (Lipinski definition) is 0. The summed E-state index contributed by atoms with van der Waals surface area (Å²) >= 11 is 0. The molecule has 6 rings (SSSR count). The van der Waals surface area contributed by atoms with E-state index >= 15 is 0 Å². The number of nitrogens with zero attached hydrogens (tertiary/aromatic N) is 4. The van der Waals surface area contributed by atoms with E-state index in [9.17, 15) is 10.5 Å². The third-order valence-electron chi connectivity index (χ3n) is 6.79. The second kappa shape index (κ2) is 7.14. The zero-order valence-electron chi connectivity index (χ0n) is 19.2. The first kappa shape index (κ1) is 20.2. The molecule has 0 saturated heterocycles. The van der Waals surface area contributed by atoms with Crippen molar-refractivity contribution in [3.8, 4) is 12.1 Å². The molecular formula is C28H26N4. The monoisotopic (exact) mass is 418 g/mol. The van der Waals surface area contributed by atoms with Crippen LogP contribution in [0.5, 0.6) is 0 Å². The highest BCUT2D eigenvalue weighted by molar-refractivity contribution is 6.26. The van der Waals surface area contributed by atoms with Gasteiger partial charge in [-0.05, 0) is 51.5 Å². The van der Waals surface area contributed by atoms with Gasteiger partial charge >= 0.3 is 0 Å². The molecule has 1 unspecified atom stereocenters. The van der Waals surface area contributed by atoms with Gasteiger partial charge in [0.2, 0.25) is 0 Å². The molecule has 4 nitrogen and oxygen atoms in total. The normalized spacial score (nSPS) is 15.0. The van der Waals surface area contributed by atoms with Crippen LogP contribution in [0.3, 0.4) is 0 Å². The second-order valence-electron chi connectivity index (χ2n) is 8.62. The Balaban J connectivity index is 0.00000105. The van der Waals surface area contributed by atoms with Crippen LogP contribution in [0.25, 0.3) is 43.6 Å². The molecule has 1 aliphatic rings. The van der Waals surface area contributed by atoms with Crippen molar-refractivity contribution in [2.24, 2.45) is 0 Å². The number of benzene rings is 3. The molecule has 0 saturated carbocycles. The van der Waals surface area contributed by atoms with Crippen LogP contribution in [0.4, 0.5) is 0 Å². The highest BCUT2D eigenvalue weighted by atomic mass is 15.1. The molecule has 1 aliphatic heterocycles. The molecule has 2 aromatic heterocycles. The average Bonchev–Trinajstić information content (AvgIpc) is 3.25. The number of fused-ring (bicyclic) bond motifs is 6. The van der Waals surface area contributed by atoms with Crippen LogP contribution < -0.4 is 0 Å². The van der Waals surface area contributed by atoms with Crippen molar-refractivity contribution in [1.29, 1.82) is 10.5 Å². The summed E-state index contributed by atoms with van der Waals surface area (Å²) in [5.74, 6) is 0. The number of aryl methyl sites for hydroxylation is 3. The average molecular weight is 419 g/mol. The molecule has 1 atom stereocenters. The molecule has 5 aromatic rings. The van der Waals surface area contributed by atoms with Crippen molar-refractivity contribution in [2.45, 2.75) is 53.6 Å². The van der Waals surface area contributed by atoms with Gasteiger partial charge in [-0.3, -0.25) is 0 Å². The number of rotatable bonds is 0. The molecule has 0 aliphatic carbocycles. The summed E-state index contributed by atoms with van der Waals surface area (Å²) in [4.78, 5) is 0. The molecule has 158 valence electrons. The Morgan fingerprint density at radius 3 is 1.94 bits per heavy atom. The summed E-state index contributed by atoms with van der Waals surface area (Å²) < 4.78 is 4.78. The van der Waals surface area contributed by atoms with E-state index in [0.29, 0.717) is 17.2 Å². The van der Waals surface area contributed by atoms with Crippen molar-refractivity contribution >= 4 is 43.6 Å². The lowest BCUT2D eigenvalue weighted by atomic mass is 9.96. The first-order chi connectivity index (χ1) is 15.5. The van der Waals surface area contributed by atoms with Crippen molar-refractivity contribution in [3.05, 3.63) is 58.7 Å². The minimum Gasteiger partial charge on any atom is -0.339 e. The fourth-order valence-corrected chi connectivity index (χ4v) is 5.49. The minimum atomic E-state index is 0.302. The van der Waals surface area contributed by atoms with Gasteiger partial charge in [-0.15, -0.1) is 0 Å². The third kappa shape index (κ3) is 2.41.